The van der Waals surface area contributed by atoms with Crippen LogP contribution in [-0.4, -0.2) is 30.3 Å². The molecule has 9 heteroatoms. The Morgan fingerprint density at radius 1 is 1.41 bits per heavy atom. The van der Waals surface area contributed by atoms with Gasteiger partial charge >= 0.3 is 0 Å². The van der Waals surface area contributed by atoms with Gasteiger partial charge in [0.05, 0.1) is 28.4 Å². The molecule has 1 N–H and O–H groups in total. The van der Waals surface area contributed by atoms with Gasteiger partial charge in [0.2, 0.25) is 5.70 Å². The zero-order valence-electron chi connectivity index (χ0n) is 16.3. The van der Waals surface area contributed by atoms with E-state index < -0.39 is 42.6 Å². The van der Waals surface area contributed by atoms with E-state index in [0.717, 1.165) is 18.9 Å². The molecule has 0 radical (unpaired) electrons. The molecule has 6 nitrogen and oxygen atoms in total. The van der Waals surface area contributed by atoms with Crippen LogP contribution in [0.15, 0.2) is 23.7 Å². The predicted octanol–water partition coefficient (Wildman–Crippen LogP) is 4.01. The average molecular weight is 416 g/mol. The van der Waals surface area contributed by atoms with E-state index >= 15 is 4.39 Å². The molecule has 0 bridgehead atoms. The summed E-state index contributed by atoms with van der Waals surface area (Å²) in [6.07, 6.45) is 3.73. The lowest BCUT2D eigenvalue weighted by Crippen LogP contribution is -2.62. The predicted molar refractivity (Wildman–Crippen MR) is 106 cm³/mol. The number of nitriles is 1. The summed E-state index contributed by atoms with van der Waals surface area (Å²) in [5.41, 5.74) is -2.40. The number of allylic oxidation sites excluding steroid dienone is 3. The van der Waals surface area contributed by atoms with E-state index in [2.05, 4.69) is 10.8 Å². The third kappa shape index (κ3) is 4.50. The van der Waals surface area contributed by atoms with Crippen molar-refractivity contribution >= 4 is 23.1 Å². The van der Waals surface area contributed by atoms with E-state index in [4.69, 9.17) is 0 Å². The van der Waals surface area contributed by atoms with Crippen LogP contribution in [-0.2, 0) is 11.4 Å². The van der Waals surface area contributed by atoms with Crippen molar-refractivity contribution in [3.63, 3.8) is 0 Å². The van der Waals surface area contributed by atoms with Gasteiger partial charge in [0, 0.05) is 23.2 Å². The SMILES string of the molecule is CC(C)(C)[S@@+]([O-])N[C@@](C)(CSC1(C#N)CC1)C1(C)CC([N+](=O)[O-])=CC=C1F. The quantitative estimate of drug-likeness (QED) is 0.383. The number of hydrogen-bond donors (Lipinski definition) is 1. The van der Waals surface area contributed by atoms with Crippen LogP contribution in [0, 0.1) is 26.9 Å². The lowest BCUT2D eigenvalue weighted by atomic mass is 9.67. The maximum atomic E-state index is 15.0. The molecule has 1 saturated carbocycles. The fourth-order valence-corrected chi connectivity index (χ4v) is 5.30. The molecular weight excluding hydrogens is 389 g/mol. The number of hydrogen-bond acceptors (Lipinski definition) is 6. The van der Waals surface area contributed by atoms with E-state index in [-0.39, 0.29) is 12.1 Å². The summed E-state index contributed by atoms with van der Waals surface area (Å²) in [5.74, 6) is -0.179. The molecule has 3 atom stereocenters. The Morgan fingerprint density at radius 3 is 2.44 bits per heavy atom. The van der Waals surface area contributed by atoms with Crippen LogP contribution in [0.5, 0.6) is 0 Å². The standard InChI is InChI=1S/C18H26FN3O3S2/c1-15(2,3)27(25)21-17(5,12-26-18(11-20)8-9-18)16(4)10-13(22(23)24)6-7-14(16)19/h6-7,21H,8-10,12H2,1-5H3/t16?,17-,27+/m0/s1. The Labute approximate surface area is 167 Å². The lowest BCUT2D eigenvalue weighted by Gasteiger charge is -2.46. The fraction of sp³-hybridized carbons (Fsp3) is 0.722. The molecule has 2 aliphatic carbocycles. The van der Waals surface area contributed by atoms with E-state index in [1.807, 2.05) is 0 Å². The summed E-state index contributed by atoms with van der Waals surface area (Å²) in [5, 5.41) is 20.7. The highest BCUT2D eigenvalue weighted by Crippen LogP contribution is 2.53. The summed E-state index contributed by atoms with van der Waals surface area (Å²) >= 11 is -0.0985. The van der Waals surface area contributed by atoms with Gasteiger partial charge in [-0.2, -0.15) is 5.26 Å². The van der Waals surface area contributed by atoms with Crippen molar-refractivity contribution in [1.82, 2.24) is 4.72 Å². The van der Waals surface area contributed by atoms with E-state index in [9.17, 15) is 19.9 Å². The molecule has 0 aromatic rings. The number of nitrogens with zero attached hydrogens (tertiary/aromatic N) is 2. The second-order valence-electron chi connectivity index (χ2n) is 8.65. The van der Waals surface area contributed by atoms with Crippen molar-refractivity contribution in [1.29, 1.82) is 5.26 Å². The summed E-state index contributed by atoms with van der Waals surface area (Å²) in [4.78, 5) is 10.8. The lowest BCUT2D eigenvalue weighted by molar-refractivity contribution is -0.430. The van der Waals surface area contributed by atoms with Gasteiger partial charge in [-0.15, -0.1) is 16.5 Å². The number of thioether (sulfide) groups is 1. The number of nitrogens with one attached hydrogen (secondary N) is 1. The van der Waals surface area contributed by atoms with Crippen molar-refractivity contribution in [3.05, 3.63) is 33.8 Å². The summed E-state index contributed by atoms with van der Waals surface area (Å²) < 4.78 is 29.8. The van der Waals surface area contributed by atoms with Gasteiger partial charge in [-0.3, -0.25) is 10.1 Å². The van der Waals surface area contributed by atoms with E-state index in [0.29, 0.717) is 5.75 Å². The number of nitro groups is 1. The molecule has 27 heavy (non-hydrogen) atoms. The van der Waals surface area contributed by atoms with Crippen molar-refractivity contribution in [3.8, 4) is 6.07 Å². The van der Waals surface area contributed by atoms with Gasteiger partial charge < -0.3 is 4.55 Å². The zero-order chi connectivity index (χ0) is 20.7. The summed E-state index contributed by atoms with van der Waals surface area (Å²) in [7, 11) is 0. The monoisotopic (exact) mass is 415 g/mol. The molecule has 0 aromatic carbocycles. The van der Waals surface area contributed by atoms with Gasteiger partial charge in [-0.05, 0) is 46.6 Å². The Kier molecular flexibility index (Phi) is 6.08. The highest BCUT2D eigenvalue weighted by molar-refractivity contribution is 8.01. The Balaban J connectivity index is 2.38. The van der Waals surface area contributed by atoms with Crippen LogP contribution >= 0.6 is 11.8 Å². The first-order valence-corrected chi connectivity index (χ1v) is 10.9. The molecule has 1 fully saturated rings. The second-order valence-corrected chi connectivity index (χ2v) is 12.0. The maximum Gasteiger partial charge on any atom is 0.247 e. The molecule has 0 saturated heterocycles. The molecule has 150 valence electrons. The third-order valence-electron chi connectivity index (χ3n) is 5.36. The van der Waals surface area contributed by atoms with Crippen LogP contribution in [0.2, 0.25) is 0 Å². The Bertz CT molecular complexity index is 724. The molecule has 0 heterocycles. The third-order valence-corrected chi connectivity index (χ3v) is 8.88. The first kappa shape index (κ1) is 22.2. The van der Waals surface area contributed by atoms with Crippen LogP contribution in [0.4, 0.5) is 4.39 Å². The molecule has 2 aliphatic rings. The Hall–Kier alpha value is -1.08. The topological polar surface area (TPSA) is 102 Å². The largest absolute Gasteiger partial charge is 0.598 e. The molecule has 0 amide bonds. The molecular formula is C18H26FN3O3S2. The Morgan fingerprint density at radius 2 is 2.00 bits per heavy atom. The van der Waals surface area contributed by atoms with Crippen LogP contribution in [0.1, 0.15) is 53.9 Å². The minimum Gasteiger partial charge on any atom is -0.598 e. The van der Waals surface area contributed by atoms with Crippen molar-refractivity contribution < 1.29 is 13.9 Å². The average Bonchev–Trinajstić information content (AvgIpc) is 3.35. The van der Waals surface area contributed by atoms with Crippen LogP contribution in [0.25, 0.3) is 0 Å². The van der Waals surface area contributed by atoms with Gasteiger partial charge in [0.1, 0.15) is 15.3 Å². The smallest absolute Gasteiger partial charge is 0.247 e. The highest BCUT2D eigenvalue weighted by Gasteiger charge is 2.56. The number of halogens is 1. The normalized spacial score (nSPS) is 27.6. The highest BCUT2D eigenvalue weighted by atomic mass is 32.2. The van der Waals surface area contributed by atoms with Gasteiger partial charge in [0.15, 0.2) is 0 Å². The van der Waals surface area contributed by atoms with E-state index in [1.54, 1.807) is 34.6 Å². The molecule has 0 aliphatic heterocycles. The van der Waals surface area contributed by atoms with Crippen LogP contribution in [0.3, 0.4) is 0 Å². The molecule has 2 rings (SSSR count). The summed E-state index contributed by atoms with van der Waals surface area (Å²) in [6, 6.07) is 2.29. The van der Waals surface area contributed by atoms with Crippen molar-refractivity contribution in [2.45, 2.75) is 68.9 Å². The van der Waals surface area contributed by atoms with Gasteiger partial charge in [0.25, 0.3) is 0 Å². The summed E-state index contributed by atoms with van der Waals surface area (Å²) in [6.45, 7) is 8.78. The number of rotatable bonds is 7. The molecule has 1 unspecified atom stereocenters. The fourth-order valence-electron chi connectivity index (χ4n) is 2.79. The minimum absolute atomic E-state index is 0.0834. The maximum absolute atomic E-state index is 15.0. The van der Waals surface area contributed by atoms with Gasteiger partial charge in [-0.1, -0.05) is 6.92 Å². The van der Waals surface area contributed by atoms with Gasteiger partial charge in [-0.25, -0.2) is 4.39 Å². The van der Waals surface area contributed by atoms with Crippen molar-refractivity contribution in [2.75, 3.05) is 5.75 Å². The second kappa shape index (κ2) is 7.39. The minimum atomic E-state index is -1.51. The van der Waals surface area contributed by atoms with Crippen molar-refractivity contribution in [2.24, 2.45) is 5.41 Å². The van der Waals surface area contributed by atoms with Crippen LogP contribution < -0.4 is 4.72 Å². The van der Waals surface area contributed by atoms with E-state index in [1.165, 1.54) is 17.8 Å². The first-order valence-electron chi connectivity index (χ1n) is 8.75. The first-order chi connectivity index (χ1) is 12.3. The zero-order valence-corrected chi connectivity index (χ0v) is 17.9. The molecule has 0 aromatic heterocycles. The molecule has 0 spiro atoms.